The highest BCUT2D eigenvalue weighted by Crippen LogP contribution is 2.36. The molecule has 1 aromatic carbocycles. The van der Waals surface area contributed by atoms with Gasteiger partial charge in [-0.2, -0.15) is 0 Å². The van der Waals surface area contributed by atoms with E-state index in [1.165, 1.54) is 4.88 Å². The Morgan fingerprint density at radius 3 is 2.44 bits per heavy atom. The molecular weight excluding hydrogens is 381 g/mol. The zero-order valence-electron chi connectivity index (χ0n) is 9.93. The van der Waals surface area contributed by atoms with Crippen LogP contribution in [0.3, 0.4) is 0 Å². The summed E-state index contributed by atoms with van der Waals surface area (Å²) in [6.45, 7) is 2.06. The summed E-state index contributed by atoms with van der Waals surface area (Å²) in [5.41, 5.74) is 0.917. The van der Waals surface area contributed by atoms with Gasteiger partial charge in [-0.15, -0.1) is 11.3 Å². The van der Waals surface area contributed by atoms with Crippen molar-refractivity contribution in [2.45, 2.75) is 13.0 Å². The maximum Gasteiger partial charge on any atom is 0.137 e. The lowest BCUT2D eigenvalue weighted by atomic mass is 10.1. The largest absolute Gasteiger partial charge is 0.309 e. The highest BCUT2D eigenvalue weighted by molar-refractivity contribution is 9.10. The molecule has 96 valence electrons. The Bertz CT molecular complexity index is 568. The Kier molecular flexibility index (Phi) is 4.59. The highest BCUT2D eigenvalue weighted by atomic mass is 79.9. The van der Waals surface area contributed by atoms with E-state index in [9.17, 15) is 4.39 Å². The lowest BCUT2D eigenvalue weighted by Crippen LogP contribution is -2.17. The predicted molar refractivity (Wildman–Crippen MR) is 81.8 cm³/mol. The molecule has 0 fully saturated rings. The first-order valence-electron chi connectivity index (χ1n) is 5.41. The second-order valence-corrected chi connectivity index (χ2v) is 6.96. The molecule has 0 aliphatic carbocycles. The van der Waals surface area contributed by atoms with Crippen LogP contribution in [0.15, 0.2) is 33.2 Å². The molecule has 1 heterocycles. The van der Waals surface area contributed by atoms with Crippen LogP contribution in [0.5, 0.6) is 0 Å². The third-order valence-corrected chi connectivity index (χ3v) is 5.34. The zero-order valence-corrected chi connectivity index (χ0v) is 13.9. The molecule has 1 aromatic heterocycles. The van der Waals surface area contributed by atoms with Crippen molar-refractivity contribution < 1.29 is 4.39 Å². The van der Waals surface area contributed by atoms with Crippen molar-refractivity contribution >= 4 is 43.2 Å². The fourth-order valence-corrected chi connectivity index (χ4v) is 4.10. The third kappa shape index (κ3) is 2.85. The number of benzene rings is 1. The van der Waals surface area contributed by atoms with Crippen molar-refractivity contribution in [3.63, 3.8) is 0 Å². The van der Waals surface area contributed by atoms with Crippen molar-refractivity contribution in [3.05, 3.63) is 54.3 Å². The highest BCUT2D eigenvalue weighted by Gasteiger charge is 2.18. The number of nitrogens with one attached hydrogen (secondary N) is 1. The third-order valence-electron chi connectivity index (χ3n) is 2.66. The van der Waals surface area contributed by atoms with Gasteiger partial charge < -0.3 is 5.32 Å². The molecule has 0 bridgehead atoms. The Hall–Kier alpha value is -0.230. The van der Waals surface area contributed by atoms with Gasteiger partial charge in [0.25, 0.3) is 0 Å². The van der Waals surface area contributed by atoms with Crippen LogP contribution < -0.4 is 5.32 Å². The van der Waals surface area contributed by atoms with Crippen LogP contribution in [0.1, 0.15) is 21.4 Å². The molecule has 1 atom stereocenters. The zero-order chi connectivity index (χ0) is 13.3. The molecule has 0 saturated heterocycles. The van der Waals surface area contributed by atoms with Crippen molar-refractivity contribution in [3.8, 4) is 0 Å². The summed E-state index contributed by atoms with van der Waals surface area (Å²) in [6.07, 6.45) is 0. The van der Waals surface area contributed by atoms with Crippen molar-refractivity contribution in [1.82, 2.24) is 5.32 Å². The number of hydrogen-bond acceptors (Lipinski definition) is 2. The number of rotatable bonds is 3. The number of hydrogen-bond donors (Lipinski definition) is 1. The van der Waals surface area contributed by atoms with Crippen molar-refractivity contribution in [1.29, 1.82) is 0 Å². The van der Waals surface area contributed by atoms with E-state index in [0.717, 1.165) is 14.9 Å². The van der Waals surface area contributed by atoms with Crippen LogP contribution in [0.4, 0.5) is 4.39 Å². The maximum absolute atomic E-state index is 13.6. The topological polar surface area (TPSA) is 12.0 Å². The normalized spacial score (nSPS) is 12.7. The summed E-state index contributed by atoms with van der Waals surface area (Å²) >= 11 is 8.44. The van der Waals surface area contributed by atoms with Crippen molar-refractivity contribution in [2.24, 2.45) is 0 Å². The Morgan fingerprint density at radius 2 is 1.94 bits per heavy atom. The van der Waals surface area contributed by atoms with E-state index in [1.54, 1.807) is 23.5 Å². The summed E-state index contributed by atoms with van der Waals surface area (Å²) in [4.78, 5) is 2.39. The van der Waals surface area contributed by atoms with E-state index in [-0.39, 0.29) is 11.9 Å². The predicted octanol–water partition coefficient (Wildman–Crippen LogP) is 5.03. The van der Waals surface area contributed by atoms with Crippen LogP contribution in [-0.4, -0.2) is 7.05 Å². The summed E-state index contributed by atoms with van der Waals surface area (Å²) in [7, 11) is 1.88. The molecule has 0 aliphatic heterocycles. The van der Waals surface area contributed by atoms with Crippen LogP contribution in [0, 0.1) is 12.7 Å². The Labute approximate surface area is 127 Å². The van der Waals surface area contributed by atoms with Crippen LogP contribution in [0.25, 0.3) is 0 Å². The van der Waals surface area contributed by atoms with Gasteiger partial charge in [0.05, 0.1) is 10.5 Å². The summed E-state index contributed by atoms with van der Waals surface area (Å²) in [5, 5.41) is 3.23. The molecule has 18 heavy (non-hydrogen) atoms. The van der Waals surface area contributed by atoms with E-state index in [2.05, 4.69) is 50.2 Å². The molecule has 1 nitrogen and oxygen atoms in total. The molecular formula is C13H12Br2FNS. The number of aryl methyl sites for hydroxylation is 1. The van der Waals surface area contributed by atoms with E-state index in [0.29, 0.717) is 4.47 Å². The molecule has 0 radical (unpaired) electrons. The van der Waals surface area contributed by atoms with Crippen LogP contribution in [0.2, 0.25) is 0 Å². The SMILES string of the molecule is CNC(c1ccc(Br)c(F)c1)c1sc(C)cc1Br. The van der Waals surface area contributed by atoms with Crippen LogP contribution in [-0.2, 0) is 0 Å². The van der Waals surface area contributed by atoms with E-state index in [1.807, 2.05) is 13.1 Å². The van der Waals surface area contributed by atoms with Gasteiger partial charge in [0.15, 0.2) is 0 Å². The first kappa shape index (κ1) is 14.2. The average Bonchev–Trinajstić information content (AvgIpc) is 2.64. The van der Waals surface area contributed by atoms with E-state index >= 15 is 0 Å². The smallest absolute Gasteiger partial charge is 0.137 e. The second kappa shape index (κ2) is 5.82. The van der Waals surface area contributed by atoms with E-state index < -0.39 is 0 Å². The second-order valence-electron chi connectivity index (χ2n) is 3.96. The molecule has 0 amide bonds. The number of thiophene rings is 1. The molecule has 2 rings (SSSR count). The number of halogens is 3. The maximum atomic E-state index is 13.6. The standard InChI is InChI=1S/C13H12Br2FNS/c1-7-5-10(15)13(18-7)12(17-2)8-3-4-9(14)11(16)6-8/h3-6,12,17H,1-2H3. The summed E-state index contributed by atoms with van der Waals surface area (Å²) in [5.74, 6) is -0.239. The van der Waals surface area contributed by atoms with Gasteiger partial charge in [-0.1, -0.05) is 6.07 Å². The van der Waals surface area contributed by atoms with Gasteiger partial charge in [0.1, 0.15) is 5.82 Å². The van der Waals surface area contributed by atoms with Gasteiger partial charge in [-0.25, -0.2) is 4.39 Å². The van der Waals surface area contributed by atoms with E-state index in [4.69, 9.17) is 0 Å². The molecule has 2 aromatic rings. The van der Waals surface area contributed by atoms with Gasteiger partial charge in [-0.05, 0) is 69.6 Å². The molecule has 5 heteroatoms. The fraction of sp³-hybridized carbons (Fsp3) is 0.231. The quantitative estimate of drug-likeness (QED) is 0.772. The molecule has 0 aliphatic rings. The molecule has 1 N–H and O–H groups in total. The molecule has 0 saturated carbocycles. The van der Waals surface area contributed by atoms with Crippen LogP contribution >= 0.6 is 43.2 Å². The van der Waals surface area contributed by atoms with Gasteiger partial charge >= 0.3 is 0 Å². The fourth-order valence-electron chi connectivity index (χ4n) is 1.84. The lowest BCUT2D eigenvalue weighted by molar-refractivity contribution is 0.611. The van der Waals surface area contributed by atoms with Gasteiger partial charge in [-0.3, -0.25) is 0 Å². The lowest BCUT2D eigenvalue weighted by Gasteiger charge is -2.16. The molecule has 0 spiro atoms. The Balaban J connectivity index is 2.45. The van der Waals surface area contributed by atoms with Gasteiger partial charge in [0, 0.05) is 14.2 Å². The minimum Gasteiger partial charge on any atom is -0.309 e. The first-order chi connectivity index (χ1) is 8.52. The molecule has 1 unspecified atom stereocenters. The minimum atomic E-state index is -0.239. The van der Waals surface area contributed by atoms with Crippen molar-refractivity contribution in [2.75, 3.05) is 7.05 Å². The average molecular weight is 393 g/mol. The summed E-state index contributed by atoms with van der Waals surface area (Å²) < 4.78 is 15.2. The Morgan fingerprint density at radius 1 is 1.22 bits per heavy atom. The minimum absolute atomic E-state index is 0.000625. The van der Waals surface area contributed by atoms with Gasteiger partial charge in [0.2, 0.25) is 0 Å². The first-order valence-corrected chi connectivity index (χ1v) is 7.81. The monoisotopic (exact) mass is 391 g/mol. The summed E-state index contributed by atoms with van der Waals surface area (Å²) in [6, 6.07) is 7.31.